The van der Waals surface area contributed by atoms with Crippen LogP contribution in [0.5, 0.6) is 0 Å². The van der Waals surface area contributed by atoms with E-state index in [9.17, 15) is 10.2 Å². The van der Waals surface area contributed by atoms with Crippen molar-refractivity contribution in [3.05, 3.63) is 24.3 Å². The van der Waals surface area contributed by atoms with Gasteiger partial charge in [0.2, 0.25) is 0 Å². The van der Waals surface area contributed by atoms with Gasteiger partial charge < -0.3 is 14.9 Å². The molecule has 0 aromatic carbocycles. The number of hydrogen-bond donors (Lipinski definition) is 2. The lowest BCUT2D eigenvalue weighted by molar-refractivity contribution is -0.168. The van der Waals surface area contributed by atoms with Crippen molar-refractivity contribution in [1.82, 2.24) is 0 Å². The Bertz CT molecular complexity index is 851. The summed E-state index contributed by atoms with van der Waals surface area (Å²) in [5.41, 5.74) is -0.392. The van der Waals surface area contributed by atoms with Gasteiger partial charge in [-0.05, 0) is 87.4 Å². The summed E-state index contributed by atoms with van der Waals surface area (Å²) in [5, 5.41) is 21.0. The third-order valence-electron chi connectivity index (χ3n) is 12.1. The van der Waals surface area contributed by atoms with E-state index < -0.39 is 5.60 Å². The molecular weight excluding hydrogens is 408 g/mol. The van der Waals surface area contributed by atoms with Crippen molar-refractivity contribution < 1.29 is 14.9 Å². The highest BCUT2D eigenvalue weighted by molar-refractivity contribution is 5.33. The van der Waals surface area contributed by atoms with Gasteiger partial charge >= 0.3 is 0 Å². The molecule has 1 aliphatic heterocycles. The predicted octanol–water partition coefficient (Wildman–Crippen LogP) is 6.29. The SMILES string of the molecule is C[C@H](C/C=C/C(C)(C)O)[C@H]1CC[C@@]2(C)[C@@H]3C=C[C@]45OC[C@]3(CC[C@]12C)[C@@H]4CC[C@@H](O)C5(C)C. The van der Waals surface area contributed by atoms with Crippen LogP contribution in [0.25, 0.3) is 0 Å². The number of hydrogen-bond acceptors (Lipinski definition) is 3. The summed E-state index contributed by atoms with van der Waals surface area (Å²) in [6.45, 7) is 16.7. The molecule has 3 nitrogen and oxygen atoms in total. The van der Waals surface area contributed by atoms with Crippen molar-refractivity contribution >= 4 is 0 Å². The van der Waals surface area contributed by atoms with E-state index in [0.29, 0.717) is 28.6 Å². The van der Waals surface area contributed by atoms with E-state index in [1.807, 2.05) is 19.9 Å². The predicted molar refractivity (Wildman–Crippen MR) is 134 cm³/mol. The van der Waals surface area contributed by atoms with Gasteiger partial charge in [-0.3, -0.25) is 0 Å². The zero-order chi connectivity index (χ0) is 24.1. The molecule has 1 spiro atoms. The van der Waals surface area contributed by atoms with Gasteiger partial charge in [0.05, 0.1) is 23.9 Å². The summed E-state index contributed by atoms with van der Waals surface area (Å²) in [5.74, 6) is 2.45. The molecule has 4 aliphatic carbocycles. The number of rotatable bonds is 4. The van der Waals surface area contributed by atoms with Crippen LogP contribution in [-0.2, 0) is 4.74 Å². The zero-order valence-corrected chi connectivity index (χ0v) is 22.2. The third kappa shape index (κ3) is 2.97. The molecule has 0 amide bonds. The Kier molecular flexibility index (Phi) is 5.25. The first-order valence-corrected chi connectivity index (χ1v) is 13.7. The maximum absolute atomic E-state index is 10.9. The Balaban J connectivity index is 1.47. The van der Waals surface area contributed by atoms with E-state index in [1.54, 1.807) is 0 Å². The van der Waals surface area contributed by atoms with Crippen molar-refractivity contribution in [3.8, 4) is 0 Å². The summed E-state index contributed by atoms with van der Waals surface area (Å²) in [4.78, 5) is 0. The summed E-state index contributed by atoms with van der Waals surface area (Å²) >= 11 is 0. The minimum Gasteiger partial charge on any atom is -0.392 e. The zero-order valence-electron chi connectivity index (χ0n) is 22.2. The van der Waals surface area contributed by atoms with Crippen molar-refractivity contribution in [2.45, 2.75) is 111 Å². The highest BCUT2D eigenvalue weighted by Crippen LogP contribution is 2.77. The second kappa shape index (κ2) is 7.20. The minimum atomic E-state index is -0.728. The fourth-order valence-electron chi connectivity index (χ4n) is 9.93. The van der Waals surface area contributed by atoms with Crippen LogP contribution in [0.2, 0.25) is 0 Å². The minimum absolute atomic E-state index is 0.234. The second-order valence-corrected chi connectivity index (χ2v) is 14.3. The van der Waals surface area contributed by atoms with E-state index in [1.165, 1.54) is 25.7 Å². The van der Waals surface area contributed by atoms with E-state index in [4.69, 9.17) is 4.74 Å². The molecule has 1 heterocycles. The molecule has 3 saturated carbocycles. The quantitative estimate of drug-likeness (QED) is 0.488. The molecule has 0 unspecified atom stereocenters. The molecule has 3 heteroatoms. The lowest BCUT2D eigenvalue weighted by Crippen LogP contribution is -2.64. The Morgan fingerprint density at radius 3 is 2.48 bits per heavy atom. The molecule has 0 aromatic rings. The molecular formula is C30H48O3. The molecule has 0 aromatic heterocycles. The van der Waals surface area contributed by atoms with E-state index in [-0.39, 0.29) is 22.5 Å². The normalized spacial score (nSPS) is 51.3. The molecule has 1 saturated heterocycles. The van der Waals surface area contributed by atoms with Crippen LogP contribution >= 0.6 is 0 Å². The van der Waals surface area contributed by atoms with Crippen LogP contribution in [0.1, 0.15) is 93.4 Å². The number of ether oxygens (including phenoxy) is 1. The van der Waals surface area contributed by atoms with Crippen molar-refractivity contribution in [2.75, 3.05) is 6.61 Å². The highest BCUT2D eigenvalue weighted by Gasteiger charge is 2.75. The number of aliphatic hydroxyl groups is 2. The second-order valence-electron chi connectivity index (χ2n) is 14.3. The summed E-state index contributed by atoms with van der Waals surface area (Å²) < 4.78 is 6.82. The molecule has 2 N–H and O–H groups in total. The summed E-state index contributed by atoms with van der Waals surface area (Å²) in [6.07, 6.45) is 17.1. The molecule has 2 bridgehead atoms. The average Bonchev–Trinajstić information content (AvgIpc) is 3.11. The van der Waals surface area contributed by atoms with Crippen LogP contribution < -0.4 is 0 Å². The standard InChI is InChI=1S/C30H48O3/c1-20(9-8-14-25(2,3)32)21-12-15-28(7)22-13-16-30-23(10-11-24(31)26(30,4)5)29(22,19-33-30)18-17-27(21,28)6/h8,13-14,16,20-24,31-32H,9-12,15,17-19H2,1-7H3/b14-8+/t20-,21-,22+,23+,24-,27-,28+,29+,30+/m1/s1. The first-order chi connectivity index (χ1) is 15.2. The number of allylic oxidation sites excluding steroid dienone is 2. The van der Waals surface area contributed by atoms with Crippen molar-refractivity contribution in [1.29, 1.82) is 0 Å². The smallest absolute Gasteiger partial charge is 0.0972 e. The third-order valence-corrected chi connectivity index (χ3v) is 12.1. The van der Waals surface area contributed by atoms with Gasteiger partial charge in [0, 0.05) is 16.7 Å². The lowest BCUT2D eigenvalue weighted by Gasteiger charge is -2.65. The van der Waals surface area contributed by atoms with E-state index in [0.717, 1.165) is 31.8 Å². The molecule has 33 heavy (non-hydrogen) atoms. The van der Waals surface area contributed by atoms with Crippen LogP contribution in [0.4, 0.5) is 0 Å². The highest BCUT2D eigenvalue weighted by atomic mass is 16.5. The van der Waals surface area contributed by atoms with Gasteiger partial charge in [-0.25, -0.2) is 0 Å². The summed E-state index contributed by atoms with van der Waals surface area (Å²) in [7, 11) is 0. The van der Waals surface area contributed by atoms with Gasteiger partial charge in [0.1, 0.15) is 0 Å². The maximum Gasteiger partial charge on any atom is 0.0972 e. The molecule has 0 radical (unpaired) electrons. The van der Waals surface area contributed by atoms with Crippen LogP contribution in [0.15, 0.2) is 24.3 Å². The Hall–Kier alpha value is -0.640. The lowest BCUT2D eigenvalue weighted by atomic mass is 9.38. The summed E-state index contributed by atoms with van der Waals surface area (Å²) in [6, 6.07) is 0. The maximum atomic E-state index is 10.9. The Labute approximate surface area is 202 Å². The number of fused-ring (bicyclic) bond motifs is 2. The van der Waals surface area contributed by atoms with Gasteiger partial charge in [-0.2, -0.15) is 0 Å². The molecule has 4 fully saturated rings. The topological polar surface area (TPSA) is 49.7 Å². The first kappa shape index (κ1) is 24.1. The van der Waals surface area contributed by atoms with Crippen LogP contribution in [0, 0.1) is 45.3 Å². The monoisotopic (exact) mass is 456 g/mol. The van der Waals surface area contributed by atoms with Gasteiger partial charge in [-0.1, -0.05) is 58.9 Å². The van der Waals surface area contributed by atoms with E-state index >= 15 is 0 Å². The number of aliphatic hydroxyl groups excluding tert-OH is 1. The largest absolute Gasteiger partial charge is 0.392 e. The van der Waals surface area contributed by atoms with Crippen molar-refractivity contribution in [3.63, 3.8) is 0 Å². The molecule has 9 atom stereocenters. The van der Waals surface area contributed by atoms with Crippen LogP contribution in [-0.4, -0.2) is 34.1 Å². The fraction of sp³-hybridized carbons (Fsp3) is 0.867. The van der Waals surface area contributed by atoms with Crippen molar-refractivity contribution in [2.24, 2.45) is 45.3 Å². The molecule has 186 valence electrons. The van der Waals surface area contributed by atoms with Gasteiger partial charge in [0.25, 0.3) is 0 Å². The van der Waals surface area contributed by atoms with Gasteiger partial charge in [-0.15, -0.1) is 0 Å². The Morgan fingerprint density at radius 2 is 1.79 bits per heavy atom. The van der Waals surface area contributed by atoms with Gasteiger partial charge in [0.15, 0.2) is 0 Å². The first-order valence-electron chi connectivity index (χ1n) is 13.7. The molecule has 5 rings (SSSR count). The molecule has 5 aliphatic rings. The average molecular weight is 457 g/mol. The van der Waals surface area contributed by atoms with Crippen LogP contribution in [0.3, 0.4) is 0 Å². The fourth-order valence-corrected chi connectivity index (χ4v) is 9.93. The Morgan fingerprint density at radius 1 is 1.06 bits per heavy atom. The van der Waals surface area contributed by atoms with E-state index in [2.05, 4.69) is 52.8 Å².